The van der Waals surface area contributed by atoms with E-state index in [1.54, 1.807) is 6.07 Å². The van der Waals surface area contributed by atoms with Crippen LogP contribution in [0, 0.1) is 12.3 Å². The highest BCUT2D eigenvalue weighted by molar-refractivity contribution is 7.99. The van der Waals surface area contributed by atoms with Gasteiger partial charge in [-0.15, -0.1) is 5.10 Å². The normalized spacial score (nSPS) is 22.5. The Kier molecular flexibility index (Phi) is 6.26. The van der Waals surface area contributed by atoms with E-state index < -0.39 is 0 Å². The molecule has 1 spiro atoms. The Bertz CT molecular complexity index is 1200. The fourth-order valence-electron chi connectivity index (χ4n) is 4.93. The zero-order valence-corrected chi connectivity index (χ0v) is 20.9. The maximum absolute atomic E-state index is 10.3. The maximum Gasteiger partial charge on any atom is 0.172 e. The quantitative estimate of drug-likeness (QED) is 0.543. The molecule has 7 nitrogen and oxygen atoms in total. The molecule has 0 bridgehead atoms. The summed E-state index contributed by atoms with van der Waals surface area (Å²) in [6.45, 7) is 6.22. The van der Waals surface area contributed by atoms with Crippen molar-refractivity contribution in [2.24, 2.45) is 11.1 Å². The molecule has 3 N–H and O–H groups in total. The van der Waals surface area contributed by atoms with Gasteiger partial charge in [-0.1, -0.05) is 41.0 Å². The van der Waals surface area contributed by atoms with Gasteiger partial charge in [-0.25, -0.2) is 4.98 Å². The molecule has 0 radical (unpaired) electrons. The van der Waals surface area contributed by atoms with Crippen molar-refractivity contribution >= 4 is 46.4 Å². The van der Waals surface area contributed by atoms with Gasteiger partial charge in [0, 0.05) is 29.4 Å². The van der Waals surface area contributed by atoms with Gasteiger partial charge in [-0.3, -0.25) is 0 Å². The molecule has 3 aromatic rings. The zero-order chi connectivity index (χ0) is 23.3. The van der Waals surface area contributed by atoms with Gasteiger partial charge in [0.25, 0.3) is 0 Å². The van der Waals surface area contributed by atoms with E-state index in [1.165, 1.54) is 11.8 Å². The molecule has 2 atom stereocenters. The summed E-state index contributed by atoms with van der Waals surface area (Å²) in [5.74, 6) is 1.59. The topological polar surface area (TPSA) is 88.9 Å². The van der Waals surface area contributed by atoms with Gasteiger partial charge in [0.05, 0.1) is 34.3 Å². The van der Waals surface area contributed by atoms with Crippen LogP contribution in [0.15, 0.2) is 34.1 Å². The Morgan fingerprint density at radius 2 is 2.06 bits per heavy atom. The van der Waals surface area contributed by atoms with E-state index in [9.17, 15) is 5.11 Å². The van der Waals surface area contributed by atoms with Crippen LogP contribution in [-0.2, 0) is 11.3 Å². The summed E-state index contributed by atoms with van der Waals surface area (Å²) >= 11 is 14.1. The molecule has 0 amide bonds. The van der Waals surface area contributed by atoms with Crippen molar-refractivity contribution in [3.05, 3.63) is 45.7 Å². The zero-order valence-electron chi connectivity index (χ0n) is 18.6. The second-order valence-corrected chi connectivity index (χ2v) is 10.8. The second kappa shape index (κ2) is 8.91. The van der Waals surface area contributed by atoms with Gasteiger partial charge in [0.2, 0.25) is 0 Å². The number of piperidine rings is 1. The first-order chi connectivity index (χ1) is 15.8. The van der Waals surface area contributed by atoms with Crippen LogP contribution >= 0.6 is 35.0 Å². The molecular formula is C23H27Cl2N5O2S. The first-order valence-electron chi connectivity index (χ1n) is 11.1. The van der Waals surface area contributed by atoms with E-state index in [2.05, 4.69) is 16.9 Å². The molecule has 0 aliphatic carbocycles. The Balaban J connectivity index is 1.51. The first kappa shape index (κ1) is 23.2. The fraction of sp³-hybridized carbons (Fsp3) is 0.478. The minimum absolute atomic E-state index is 0.0340. The van der Waals surface area contributed by atoms with Crippen LogP contribution in [0.25, 0.3) is 5.65 Å². The first-order valence-corrected chi connectivity index (χ1v) is 12.6. The highest BCUT2D eigenvalue weighted by Crippen LogP contribution is 2.44. The molecule has 2 saturated heterocycles. The van der Waals surface area contributed by atoms with Gasteiger partial charge < -0.3 is 20.5 Å². The van der Waals surface area contributed by atoms with Gasteiger partial charge in [-0.2, -0.15) is 4.52 Å². The Labute approximate surface area is 207 Å². The predicted octanol–water partition coefficient (Wildman–Crippen LogP) is 4.32. The average Bonchev–Trinajstić information content (AvgIpc) is 3.33. The third-order valence-corrected chi connectivity index (χ3v) is 9.10. The van der Waals surface area contributed by atoms with E-state index in [0.29, 0.717) is 21.5 Å². The van der Waals surface area contributed by atoms with E-state index in [4.69, 9.17) is 38.7 Å². The third kappa shape index (κ3) is 4.00. The number of aromatic nitrogens is 3. The lowest BCUT2D eigenvalue weighted by atomic mass is 9.73. The highest BCUT2D eigenvalue weighted by atomic mass is 35.5. The number of rotatable bonds is 4. The Hall–Kier alpha value is -1.55. The van der Waals surface area contributed by atoms with Crippen LogP contribution in [-0.4, -0.2) is 51.5 Å². The molecule has 4 heterocycles. The monoisotopic (exact) mass is 507 g/mol. The lowest BCUT2D eigenvalue weighted by Gasteiger charge is -2.42. The molecule has 10 heteroatoms. The van der Waals surface area contributed by atoms with Crippen LogP contribution in [0.5, 0.6) is 0 Å². The highest BCUT2D eigenvalue weighted by Gasteiger charge is 2.47. The molecule has 2 unspecified atom stereocenters. The number of hydrogen-bond donors (Lipinski definition) is 2. The number of aryl methyl sites for hydroxylation is 1. The van der Waals surface area contributed by atoms with Crippen LogP contribution in [0.1, 0.15) is 31.2 Å². The molecule has 2 aliphatic rings. The molecule has 5 rings (SSSR count). The number of benzene rings is 1. The van der Waals surface area contributed by atoms with Crippen molar-refractivity contribution < 1.29 is 9.84 Å². The van der Waals surface area contributed by atoms with Crippen molar-refractivity contribution in [2.45, 2.75) is 55.2 Å². The molecule has 2 aromatic heterocycles. The minimum Gasteiger partial charge on any atom is -0.392 e. The van der Waals surface area contributed by atoms with Gasteiger partial charge in [0.1, 0.15) is 11.6 Å². The van der Waals surface area contributed by atoms with Gasteiger partial charge in [0.15, 0.2) is 5.65 Å². The maximum atomic E-state index is 10.3. The number of ether oxygens (including phenoxy) is 1. The summed E-state index contributed by atoms with van der Waals surface area (Å²) in [7, 11) is 0. The summed E-state index contributed by atoms with van der Waals surface area (Å²) in [5.41, 5.74) is 8.01. The van der Waals surface area contributed by atoms with Gasteiger partial charge >= 0.3 is 0 Å². The van der Waals surface area contributed by atoms with Crippen LogP contribution in [0.3, 0.4) is 0 Å². The number of anilines is 1. The van der Waals surface area contributed by atoms with Crippen LogP contribution in [0.4, 0.5) is 5.82 Å². The number of hydrogen-bond acceptors (Lipinski definition) is 7. The SMILES string of the molecule is Cc1nc2c(Sc3cccc(Cl)c3Cl)c(CO)cc(N3CCC4(CC3)COC(C)C4N)n2n1. The number of aliphatic hydroxyl groups is 1. The molecule has 176 valence electrons. The van der Waals surface area contributed by atoms with Crippen LogP contribution < -0.4 is 10.6 Å². The lowest BCUT2D eigenvalue weighted by molar-refractivity contribution is 0.0974. The number of aliphatic hydroxyl groups excluding tert-OH is 1. The Morgan fingerprint density at radius 1 is 1.30 bits per heavy atom. The largest absolute Gasteiger partial charge is 0.392 e. The third-order valence-electron chi connectivity index (χ3n) is 6.96. The molecule has 2 fully saturated rings. The smallest absolute Gasteiger partial charge is 0.172 e. The van der Waals surface area contributed by atoms with E-state index >= 15 is 0 Å². The summed E-state index contributed by atoms with van der Waals surface area (Å²) in [4.78, 5) is 8.63. The van der Waals surface area contributed by atoms with Gasteiger partial charge in [-0.05, 0) is 50.5 Å². The number of fused-ring (bicyclic) bond motifs is 1. The second-order valence-electron chi connectivity index (χ2n) is 8.95. The van der Waals surface area contributed by atoms with E-state index in [0.717, 1.165) is 53.7 Å². The van der Waals surface area contributed by atoms with Crippen molar-refractivity contribution in [1.82, 2.24) is 14.6 Å². The molecule has 0 saturated carbocycles. The number of pyridine rings is 1. The molecule has 2 aliphatic heterocycles. The molecule has 1 aromatic carbocycles. The number of halogens is 2. The molecule has 33 heavy (non-hydrogen) atoms. The summed E-state index contributed by atoms with van der Waals surface area (Å²) < 4.78 is 7.75. The van der Waals surface area contributed by atoms with E-state index in [1.807, 2.05) is 29.6 Å². The number of nitrogens with two attached hydrogens (primary N) is 1. The standard InChI is InChI=1S/C23H27Cl2N5O2S/c1-13-21(26)23(12-32-13)6-8-29(9-7-23)18-10-15(11-31)20(22-27-14(2)28-30(18)22)33-17-5-3-4-16(24)19(17)25/h3-5,10,13,21,31H,6-9,11-12,26H2,1-2H3. The van der Waals surface area contributed by atoms with Crippen LogP contribution in [0.2, 0.25) is 10.0 Å². The van der Waals surface area contributed by atoms with Crippen molar-refractivity contribution in [3.8, 4) is 0 Å². The average molecular weight is 508 g/mol. The predicted molar refractivity (Wildman–Crippen MR) is 132 cm³/mol. The Morgan fingerprint density at radius 3 is 2.73 bits per heavy atom. The molecular weight excluding hydrogens is 481 g/mol. The minimum atomic E-state index is -0.121. The van der Waals surface area contributed by atoms with E-state index in [-0.39, 0.29) is 24.2 Å². The summed E-state index contributed by atoms with van der Waals surface area (Å²) in [6, 6.07) is 7.59. The fourth-order valence-corrected chi connectivity index (χ4v) is 6.44. The number of nitrogens with zero attached hydrogens (tertiary/aromatic N) is 4. The summed E-state index contributed by atoms with van der Waals surface area (Å²) in [6.07, 6.45) is 2.00. The van der Waals surface area contributed by atoms with Crippen molar-refractivity contribution in [3.63, 3.8) is 0 Å². The lowest BCUT2D eigenvalue weighted by Crippen LogP contribution is -2.51. The van der Waals surface area contributed by atoms with Crippen molar-refractivity contribution in [2.75, 3.05) is 24.6 Å². The summed E-state index contributed by atoms with van der Waals surface area (Å²) in [5, 5.41) is 15.9. The van der Waals surface area contributed by atoms with Crippen molar-refractivity contribution in [1.29, 1.82) is 0 Å².